The number of thiazole rings is 1. The van der Waals surface area contributed by atoms with Crippen LogP contribution in [0.25, 0.3) is 0 Å². The van der Waals surface area contributed by atoms with E-state index < -0.39 is 6.03 Å². The highest BCUT2D eigenvalue weighted by molar-refractivity contribution is 7.09. The van der Waals surface area contributed by atoms with E-state index in [9.17, 15) is 4.79 Å². The molecule has 1 aromatic heterocycles. The monoisotopic (exact) mass is 171 g/mol. The van der Waals surface area contributed by atoms with E-state index in [0.717, 1.165) is 11.3 Å². The van der Waals surface area contributed by atoms with Gasteiger partial charge in [-0.15, -0.1) is 11.3 Å². The van der Waals surface area contributed by atoms with Gasteiger partial charge in [-0.1, -0.05) is 0 Å². The van der Waals surface area contributed by atoms with Gasteiger partial charge in [0.1, 0.15) is 0 Å². The zero-order chi connectivity index (χ0) is 8.10. The van der Waals surface area contributed by atoms with Gasteiger partial charge >= 0.3 is 6.03 Å². The number of nitrogens with zero attached hydrogens (tertiary/aromatic N) is 1. The Morgan fingerprint density at radius 1 is 1.82 bits per heavy atom. The van der Waals surface area contributed by atoms with Crippen molar-refractivity contribution in [3.05, 3.63) is 16.6 Å². The molecule has 0 fully saturated rings. The Hall–Kier alpha value is -1.10. The van der Waals surface area contributed by atoms with Gasteiger partial charge in [-0.25, -0.2) is 4.79 Å². The Kier molecular flexibility index (Phi) is 2.85. The number of primary amides is 1. The first-order chi connectivity index (χ1) is 5.29. The van der Waals surface area contributed by atoms with Crippen LogP contribution in [0.15, 0.2) is 11.7 Å². The second-order valence-electron chi connectivity index (χ2n) is 2.01. The number of hydrogen-bond donors (Lipinski definition) is 2. The highest BCUT2D eigenvalue weighted by atomic mass is 32.1. The van der Waals surface area contributed by atoms with Gasteiger partial charge in [0.15, 0.2) is 0 Å². The van der Waals surface area contributed by atoms with Crippen molar-refractivity contribution in [1.82, 2.24) is 10.3 Å². The van der Waals surface area contributed by atoms with Gasteiger partial charge in [-0.3, -0.25) is 4.98 Å². The van der Waals surface area contributed by atoms with Gasteiger partial charge in [0, 0.05) is 24.0 Å². The largest absolute Gasteiger partial charge is 0.352 e. The van der Waals surface area contributed by atoms with Crippen LogP contribution in [0.5, 0.6) is 0 Å². The predicted octanol–water partition coefficient (Wildman–Crippen LogP) is 0.354. The molecule has 4 nitrogen and oxygen atoms in total. The lowest BCUT2D eigenvalue weighted by atomic mass is 10.4. The number of aromatic nitrogens is 1. The molecule has 5 heteroatoms. The molecule has 0 saturated carbocycles. The molecular weight excluding hydrogens is 162 g/mol. The van der Waals surface area contributed by atoms with Crippen molar-refractivity contribution in [2.24, 2.45) is 5.73 Å². The maximum atomic E-state index is 10.2. The van der Waals surface area contributed by atoms with Crippen molar-refractivity contribution in [3.63, 3.8) is 0 Å². The average Bonchev–Trinajstić information content (AvgIpc) is 2.39. The summed E-state index contributed by atoms with van der Waals surface area (Å²) in [7, 11) is 0. The molecule has 11 heavy (non-hydrogen) atoms. The van der Waals surface area contributed by atoms with E-state index in [1.165, 1.54) is 0 Å². The van der Waals surface area contributed by atoms with Gasteiger partial charge in [0.05, 0.1) is 5.51 Å². The molecule has 0 aliphatic heterocycles. The summed E-state index contributed by atoms with van der Waals surface area (Å²) in [6.45, 7) is 0.581. The first-order valence-electron chi connectivity index (χ1n) is 3.19. The first-order valence-corrected chi connectivity index (χ1v) is 4.07. The van der Waals surface area contributed by atoms with Crippen molar-refractivity contribution < 1.29 is 4.79 Å². The highest BCUT2D eigenvalue weighted by Gasteiger charge is 1.94. The van der Waals surface area contributed by atoms with Crippen LogP contribution in [0.2, 0.25) is 0 Å². The maximum Gasteiger partial charge on any atom is 0.312 e. The first kappa shape index (κ1) is 8.00. The van der Waals surface area contributed by atoms with E-state index in [1.54, 1.807) is 23.0 Å². The van der Waals surface area contributed by atoms with Crippen LogP contribution in [-0.4, -0.2) is 17.6 Å². The molecular formula is C6H9N3OS. The fourth-order valence-electron chi connectivity index (χ4n) is 0.674. The summed E-state index contributed by atoms with van der Waals surface area (Å²) in [6, 6.07) is -0.477. The molecule has 3 N–H and O–H groups in total. The van der Waals surface area contributed by atoms with Crippen LogP contribution >= 0.6 is 11.3 Å². The standard InChI is InChI=1S/C6H9N3OS/c7-6(10)9-2-1-5-3-8-4-11-5/h3-4H,1-2H2,(H3,7,9,10). The molecule has 1 aromatic rings. The summed E-state index contributed by atoms with van der Waals surface area (Å²) in [5, 5.41) is 2.50. The van der Waals surface area contributed by atoms with E-state index in [2.05, 4.69) is 10.3 Å². The van der Waals surface area contributed by atoms with Crippen LogP contribution < -0.4 is 11.1 Å². The fraction of sp³-hybridized carbons (Fsp3) is 0.333. The third-order valence-corrected chi connectivity index (χ3v) is 1.99. The van der Waals surface area contributed by atoms with Crippen LogP contribution in [0.4, 0.5) is 4.79 Å². The smallest absolute Gasteiger partial charge is 0.312 e. The number of rotatable bonds is 3. The summed E-state index contributed by atoms with van der Waals surface area (Å²) in [5.74, 6) is 0. The number of amides is 2. The molecule has 0 unspecified atom stereocenters. The minimum absolute atomic E-state index is 0.477. The SMILES string of the molecule is NC(=O)NCCc1cncs1. The normalized spacial score (nSPS) is 9.45. The third-order valence-electron chi connectivity index (χ3n) is 1.15. The van der Waals surface area contributed by atoms with E-state index >= 15 is 0 Å². The molecule has 60 valence electrons. The van der Waals surface area contributed by atoms with Crippen molar-refractivity contribution in [2.75, 3.05) is 6.54 Å². The van der Waals surface area contributed by atoms with Crippen LogP contribution in [0.3, 0.4) is 0 Å². The molecule has 0 bridgehead atoms. The van der Waals surface area contributed by atoms with E-state index in [1.807, 2.05) is 0 Å². The summed E-state index contributed by atoms with van der Waals surface area (Å²) in [6.07, 6.45) is 2.58. The lowest BCUT2D eigenvalue weighted by molar-refractivity contribution is 0.249. The molecule has 0 aromatic carbocycles. The summed E-state index contributed by atoms with van der Waals surface area (Å²) in [5.41, 5.74) is 6.63. The van der Waals surface area contributed by atoms with Gasteiger partial charge in [0.25, 0.3) is 0 Å². The zero-order valence-corrected chi connectivity index (χ0v) is 6.73. The predicted molar refractivity (Wildman–Crippen MR) is 43.4 cm³/mol. The van der Waals surface area contributed by atoms with Crippen molar-refractivity contribution in [3.8, 4) is 0 Å². The Morgan fingerprint density at radius 2 is 2.64 bits per heavy atom. The highest BCUT2D eigenvalue weighted by Crippen LogP contribution is 2.04. The zero-order valence-electron chi connectivity index (χ0n) is 5.91. The van der Waals surface area contributed by atoms with Crippen LogP contribution in [0.1, 0.15) is 4.88 Å². The number of hydrogen-bond acceptors (Lipinski definition) is 3. The molecule has 0 aliphatic rings. The summed E-state index contributed by atoms with van der Waals surface area (Å²) >= 11 is 1.57. The van der Waals surface area contributed by atoms with Crippen molar-refractivity contribution >= 4 is 17.4 Å². The van der Waals surface area contributed by atoms with Gasteiger partial charge < -0.3 is 11.1 Å². The van der Waals surface area contributed by atoms with Crippen LogP contribution in [-0.2, 0) is 6.42 Å². The van der Waals surface area contributed by atoms with Crippen LogP contribution in [0, 0.1) is 0 Å². The minimum atomic E-state index is -0.477. The molecule has 0 saturated heterocycles. The summed E-state index contributed by atoms with van der Waals surface area (Å²) in [4.78, 5) is 15.3. The number of nitrogens with two attached hydrogens (primary N) is 1. The molecule has 2 amide bonds. The number of nitrogens with one attached hydrogen (secondary N) is 1. The van der Waals surface area contributed by atoms with E-state index in [0.29, 0.717) is 6.54 Å². The molecule has 0 radical (unpaired) electrons. The molecule has 0 spiro atoms. The third kappa shape index (κ3) is 2.99. The van der Waals surface area contributed by atoms with Crippen molar-refractivity contribution in [1.29, 1.82) is 0 Å². The number of carbonyl (C=O) groups excluding carboxylic acids is 1. The molecule has 1 heterocycles. The molecule has 0 atom stereocenters. The second kappa shape index (κ2) is 3.92. The van der Waals surface area contributed by atoms with E-state index in [-0.39, 0.29) is 0 Å². The quantitative estimate of drug-likeness (QED) is 0.689. The average molecular weight is 171 g/mol. The Balaban J connectivity index is 2.19. The number of carbonyl (C=O) groups is 1. The van der Waals surface area contributed by atoms with Crippen molar-refractivity contribution in [2.45, 2.75) is 6.42 Å². The topological polar surface area (TPSA) is 68.0 Å². The Bertz CT molecular complexity index is 222. The second-order valence-corrected chi connectivity index (χ2v) is 2.98. The van der Waals surface area contributed by atoms with E-state index in [4.69, 9.17) is 5.73 Å². The lowest BCUT2D eigenvalue weighted by Gasteiger charge is -1.97. The summed E-state index contributed by atoms with van der Waals surface area (Å²) < 4.78 is 0. The lowest BCUT2D eigenvalue weighted by Crippen LogP contribution is -2.30. The fourth-order valence-corrected chi connectivity index (χ4v) is 1.27. The molecule has 1 rings (SSSR count). The Morgan fingerprint density at radius 3 is 3.18 bits per heavy atom. The van der Waals surface area contributed by atoms with Gasteiger partial charge in [-0.2, -0.15) is 0 Å². The van der Waals surface area contributed by atoms with Gasteiger partial charge in [-0.05, 0) is 0 Å². The molecule has 0 aliphatic carbocycles. The van der Waals surface area contributed by atoms with Gasteiger partial charge in [0.2, 0.25) is 0 Å². The number of urea groups is 1. The minimum Gasteiger partial charge on any atom is -0.352 e. The maximum absolute atomic E-state index is 10.2. The Labute approximate surface area is 68.4 Å².